The minimum Gasteiger partial charge on any atom is -0.493 e. The number of oxime groups is 1. The van der Waals surface area contributed by atoms with Crippen molar-refractivity contribution in [1.82, 2.24) is 9.29 Å². The Morgan fingerprint density at radius 2 is 1.55 bits per heavy atom. The molecule has 2 aromatic carbocycles. The molecule has 1 aromatic heterocycles. The number of benzene rings is 2. The molecule has 13 nitrogen and oxygen atoms in total. The Balaban J connectivity index is 0.00000484. The summed E-state index contributed by atoms with van der Waals surface area (Å²) in [5.74, 6) is 0.966. The van der Waals surface area contributed by atoms with Gasteiger partial charge >= 0.3 is 10.1 Å². The number of rotatable bonds is 12. The highest BCUT2D eigenvalue weighted by Gasteiger charge is 2.34. The van der Waals surface area contributed by atoms with E-state index in [9.17, 15) is 16.8 Å². The molecule has 0 bridgehead atoms. The Bertz CT molecular complexity index is 1580. The molecule has 42 heavy (non-hydrogen) atoms. The average molecular weight is 641 g/mol. The first-order valence-electron chi connectivity index (χ1n) is 12.7. The zero-order valence-electron chi connectivity index (χ0n) is 22.8. The minimum absolute atomic E-state index is 0. The first-order valence-corrected chi connectivity index (χ1v) is 15.6. The van der Waals surface area contributed by atoms with Gasteiger partial charge in [-0.05, 0) is 48.5 Å². The molecule has 4 rings (SSSR count). The van der Waals surface area contributed by atoms with Crippen molar-refractivity contribution in [1.29, 1.82) is 0 Å². The van der Waals surface area contributed by atoms with E-state index >= 15 is 0 Å². The Hall–Kier alpha value is -3.79. The number of anilines is 1. The highest BCUT2D eigenvalue weighted by Crippen LogP contribution is 2.32. The monoisotopic (exact) mass is 640 g/mol. The molecule has 3 aromatic rings. The lowest BCUT2D eigenvalue weighted by molar-refractivity contribution is 0.127. The number of ether oxygens (including phenoxy) is 1. The number of nitrogens with two attached hydrogens (primary N) is 2. The molecule has 1 saturated heterocycles. The van der Waals surface area contributed by atoms with E-state index in [0.717, 1.165) is 5.82 Å². The van der Waals surface area contributed by atoms with Crippen LogP contribution < -0.4 is 25.3 Å². The summed E-state index contributed by atoms with van der Waals surface area (Å²) in [5.41, 5.74) is 10.8. The van der Waals surface area contributed by atoms with Crippen molar-refractivity contribution < 1.29 is 30.6 Å². The molecule has 1 aliphatic rings. The molecule has 0 unspecified atom stereocenters. The van der Waals surface area contributed by atoms with Crippen LogP contribution in [-0.2, 0) is 25.0 Å². The van der Waals surface area contributed by atoms with Crippen LogP contribution >= 0.6 is 12.4 Å². The molecule has 1 aliphatic heterocycles. The van der Waals surface area contributed by atoms with Crippen LogP contribution in [0.3, 0.4) is 0 Å². The Labute approximate surface area is 251 Å². The fourth-order valence-electron chi connectivity index (χ4n) is 4.14. The summed E-state index contributed by atoms with van der Waals surface area (Å²) in [6.07, 6.45) is 2.14. The van der Waals surface area contributed by atoms with Crippen LogP contribution in [0.1, 0.15) is 12.0 Å². The number of sulfonamides is 1. The zero-order valence-corrected chi connectivity index (χ0v) is 25.3. The van der Waals surface area contributed by atoms with E-state index in [-0.39, 0.29) is 55.3 Å². The van der Waals surface area contributed by atoms with Gasteiger partial charge in [-0.3, -0.25) is 0 Å². The Morgan fingerprint density at radius 1 is 0.881 bits per heavy atom. The van der Waals surface area contributed by atoms with Gasteiger partial charge in [-0.2, -0.15) is 12.7 Å². The normalized spacial score (nSPS) is 14.0. The number of guanidine groups is 1. The number of hydrogen-bond donors (Lipinski definition) is 2. The molecule has 4 N–H and O–H groups in total. The van der Waals surface area contributed by atoms with Crippen molar-refractivity contribution in [2.24, 2.45) is 16.6 Å². The van der Waals surface area contributed by atoms with E-state index in [2.05, 4.69) is 10.1 Å². The minimum atomic E-state index is -4.54. The molecule has 0 aliphatic carbocycles. The number of hydrogen-bond acceptors (Lipinski definition) is 10. The third-order valence-electron chi connectivity index (χ3n) is 6.19. The fourth-order valence-corrected chi connectivity index (χ4v) is 7.32. The van der Waals surface area contributed by atoms with Crippen LogP contribution in [0.4, 0.5) is 5.82 Å². The SMILES string of the molecule is Cc1c(OCCCON=C(N)N)cccc1OS(=O)(=O)c1ccccc1S(=O)(=O)N1CCN(c2ccccn2)CC1.Cl. The molecule has 0 radical (unpaired) electrons. The lowest BCUT2D eigenvalue weighted by Crippen LogP contribution is -2.49. The molecular weight excluding hydrogens is 608 g/mol. The van der Waals surface area contributed by atoms with Gasteiger partial charge in [-0.15, -0.1) is 12.4 Å². The van der Waals surface area contributed by atoms with E-state index in [1.54, 1.807) is 25.3 Å². The van der Waals surface area contributed by atoms with Crippen molar-refractivity contribution in [2.45, 2.75) is 23.1 Å². The predicted molar refractivity (Wildman–Crippen MR) is 160 cm³/mol. The van der Waals surface area contributed by atoms with E-state index in [1.807, 2.05) is 23.1 Å². The topological polar surface area (TPSA) is 180 Å². The molecule has 0 amide bonds. The molecular formula is C26H33ClN6O7S2. The first-order chi connectivity index (χ1) is 19.6. The van der Waals surface area contributed by atoms with E-state index in [4.69, 9.17) is 25.2 Å². The van der Waals surface area contributed by atoms with Crippen molar-refractivity contribution in [3.05, 3.63) is 72.4 Å². The van der Waals surface area contributed by atoms with E-state index in [1.165, 1.54) is 34.6 Å². The molecule has 1 fully saturated rings. The number of aromatic nitrogens is 1. The summed E-state index contributed by atoms with van der Waals surface area (Å²) >= 11 is 0. The maximum Gasteiger partial charge on any atom is 0.340 e. The largest absolute Gasteiger partial charge is 0.493 e. The van der Waals surface area contributed by atoms with Gasteiger partial charge in [0.2, 0.25) is 16.0 Å². The van der Waals surface area contributed by atoms with Gasteiger partial charge in [0.1, 0.15) is 33.7 Å². The van der Waals surface area contributed by atoms with Gasteiger partial charge in [-0.25, -0.2) is 13.4 Å². The second-order valence-corrected chi connectivity index (χ2v) is 12.4. The molecule has 228 valence electrons. The van der Waals surface area contributed by atoms with Gasteiger partial charge in [0.05, 0.1) is 6.61 Å². The fraction of sp³-hybridized carbons (Fsp3) is 0.308. The highest BCUT2D eigenvalue weighted by atomic mass is 35.5. The van der Waals surface area contributed by atoms with Gasteiger partial charge in [0.15, 0.2) is 0 Å². The van der Waals surface area contributed by atoms with Crippen molar-refractivity contribution in [2.75, 3.05) is 44.3 Å². The number of nitrogens with zero attached hydrogens (tertiary/aromatic N) is 4. The van der Waals surface area contributed by atoms with Crippen LogP contribution in [-0.4, -0.2) is 71.5 Å². The third-order valence-corrected chi connectivity index (χ3v) is 9.57. The standard InChI is InChI=1S/C26H32N6O7S2.ClH/c1-20-21(37-18-7-19-38-30-26(27)28)8-6-9-22(20)39-41(35,36)24-11-3-2-10-23(24)40(33,34)32-16-14-31(15-17-32)25-12-4-5-13-29-25;/h2-6,8-13H,7,14-19H2,1H3,(H4,27,28,30);1H. The number of halogens is 1. The van der Waals surface area contributed by atoms with Crippen LogP contribution in [0.25, 0.3) is 0 Å². The first kappa shape index (κ1) is 32.7. The van der Waals surface area contributed by atoms with Crippen LogP contribution in [0.2, 0.25) is 0 Å². The van der Waals surface area contributed by atoms with Gasteiger partial charge in [-0.1, -0.05) is 24.3 Å². The quantitative estimate of drug-likeness (QED) is 0.0972. The molecule has 0 atom stereocenters. The summed E-state index contributed by atoms with van der Waals surface area (Å²) in [6, 6.07) is 15.7. The summed E-state index contributed by atoms with van der Waals surface area (Å²) < 4.78 is 66.6. The third kappa shape index (κ3) is 7.94. The Morgan fingerprint density at radius 3 is 2.21 bits per heavy atom. The molecule has 2 heterocycles. The summed E-state index contributed by atoms with van der Waals surface area (Å²) in [5, 5.41) is 3.42. The van der Waals surface area contributed by atoms with Gasteiger partial charge < -0.3 is 30.1 Å². The molecule has 0 spiro atoms. The number of pyridine rings is 1. The van der Waals surface area contributed by atoms with Crippen LogP contribution in [0, 0.1) is 6.92 Å². The summed E-state index contributed by atoms with van der Waals surface area (Å²) in [7, 11) is -8.69. The highest BCUT2D eigenvalue weighted by molar-refractivity contribution is 7.91. The van der Waals surface area contributed by atoms with E-state index in [0.29, 0.717) is 30.8 Å². The van der Waals surface area contributed by atoms with Crippen LogP contribution in [0.15, 0.2) is 81.8 Å². The molecule has 16 heteroatoms. The maximum absolute atomic E-state index is 13.6. The lowest BCUT2D eigenvalue weighted by Gasteiger charge is -2.34. The maximum atomic E-state index is 13.6. The predicted octanol–water partition coefficient (Wildman–Crippen LogP) is 2.06. The second-order valence-electron chi connectivity index (χ2n) is 8.99. The van der Waals surface area contributed by atoms with Crippen molar-refractivity contribution in [3.63, 3.8) is 0 Å². The average Bonchev–Trinajstić information content (AvgIpc) is 2.97. The van der Waals surface area contributed by atoms with E-state index < -0.39 is 25.0 Å². The number of piperazine rings is 1. The van der Waals surface area contributed by atoms with Crippen LogP contribution in [0.5, 0.6) is 11.5 Å². The summed E-state index contributed by atoms with van der Waals surface area (Å²) in [4.78, 5) is 10.4. The van der Waals surface area contributed by atoms with Gasteiger partial charge in [0, 0.05) is 44.4 Å². The molecule has 0 saturated carbocycles. The summed E-state index contributed by atoms with van der Waals surface area (Å²) in [6.45, 7) is 3.26. The second kappa shape index (κ2) is 14.4. The Kier molecular flexibility index (Phi) is 11.2. The van der Waals surface area contributed by atoms with Gasteiger partial charge in [0.25, 0.3) is 0 Å². The zero-order chi connectivity index (χ0) is 29.5. The van der Waals surface area contributed by atoms with Crippen molar-refractivity contribution in [3.8, 4) is 11.5 Å². The van der Waals surface area contributed by atoms with Crippen molar-refractivity contribution >= 4 is 44.3 Å². The smallest absolute Gasteiger partial charge is 0.340 e. The lowest BCUT2D eigenvalue weighted by atomic mass is 10.2.